The van der Waals surface area contributed by atoms with Crippen molar-refractivity contribution in [1.82, 2.24) is 0 Å². The van der Waals surface area contributed by atoms with Crippen LogP contribution < -0.4 is 4.74 Å². The lowest BCUT2D eigenvalue weighted by Crippen LogP contribution is -2.05. The number of hydrogen-bond acceptors (Lipinski definition) is 7. The van der Waals surface area contributed by atoms with Crippen LogP contribution in [0.3, 0.4) is 0 Å². The number of ketones is 5. The SMILES string of the molecule is COc1ccc(-c2ccccc2)c2c1CC(C)C2=O.Cc1cc2c(c(-c3ccccc3)c1)C(=O)C(C)C2.Cc1cc2c(c(-c3cccs3)c1)C(=O)C(C)C2.Cc1ccc(-c2cc(C)cc3c2C(=O)C(C)C3)cc1.Cc1ccc2c(c1-c1ccccc1)C(=O)C(C)C2. The normalized spacial score (nSPS) is 17.8. The van der Waals surface area contributed by atoms with Gasteiger partial charge < -0.3 is 4.74 Å². The third kappa shape index (κ3) is 13.1. The van der Waals surface area contributed by atoms with E-state index in [4.69, 9.17) is 4.74 Å². The first-order valence-corrected chi connectivity index (χ1v) is 32.9. The predicted octanol–water partition coefficient (Wildman–Crippen LogP) is 20.3. The van der Waals surface area contributed by atoms with Crippen molar-refractivity contribution < 1.29 is 28.7 Å². The molecule has 5 aliphatic rings. The van der Waals surface area contributed by atoms with Crippen LogP contribution >= 0.6 is 11.3 Å². The van der Waals surface area contributed by atoms with Crippen molar-refractivity contribution in [2.75, 3.05) is 7.11 Å². The Morgan fingerprint density at radius 1 is 0.330 bits per heavy atom. The molecule has 7 heteroatoms. The van der Waals surface area contributed by atoms with E-state index in [0.29, 0.717) is 23.1 Å². The number of ether oxygens (including phenoxy) is 1. The summed E-state index contributed by atoms with van der Waals surface area (Å²) in [7, 11) is 1.66. The summed E-state index contributed by atoms with van der Waals surface area (Å²) < 4.78 is 5.39. The van der Waals surface area contributed by atoms with Crippen molar-refractivity contribution in [3.05, 3.63) is 277 Å². The average molecular weight is 1220 g/mol. The maximum atomic E-state index is 12.4. The van der Waals surface area contributed by atoms with Gasteiger partial charge in [0.05, 0.1) is 7.11 Å². The van der Waals surface area contributed by atoms with Crippen LogP contribution in [0.4, 0.5) is 0 Å². The Morgan fingerprint density at radius 3 is 1.21 bits per heavy atom. The summed E-state index contributed by atoms with van der Waals surface area (Å²) in [5.41, 5.74) is 26.7. The molecule has 0 saturated heterocycles. The molecule has 458 valence electrons. The molecule has 0 saturated carbocycles. The molecule has 5 unspecified atom stereocenters. The minimum absolute atomic E-state index is 0.0498. The Morgan fingerprint density at radius 2 is 0.736 bits per heavy atom. The highest BCUT2D eigenvalue weighted by molar-refractivity contribution is 7.13. The van der Waals surface area contributed by atoms with Gasteiger partial charge in [-0.25, -0.2) is 0 Å². The first kappa shape index (κ1) is 63.4. The number of methoxy groups -OCH3 is 1. The molecule has 0 spiro atoms. The van der Waals surface area contributed by atoms with Gasteiger partial charge in [-0.1, -0.05) is 221 Å². The second-order valence-electron chi connectivity index (χ2n) is 25.8. The summed E-state index contributed by atoms with van der Waals surface area (Å²) in [6.07, 6.45) is 4.32. The molecule has 9 aromatic carbocycles. The van der Waals surface area contributed by atoms with Gasteiger partial charge in [0.2, 0.25) is 0 Å². The second kappa shape index (κ2) is 27.1. The van der Waals surface area contributed by atoms with E-state index in [1.165, 1.54) is 54.9 Å². The van der Waals surface area contributed by atoms with Crippen molar-refractivity contribution in [1.29, 1.82) is 0 Å². The van der Waals surface area contributed by atoms with Crippen LogP contribution in [0.2, 0.25) is 0 Å². The van der Waals surface area contributed by atoms with Crippen molar-refractivity contribution >= 4 is 40.3 Å². The van der Waals surface area contributed by atoms with E-state index in [2.05, 4.69) is 143 Å². The molecule has 0 bridgehead atoms. The fraction of sp³-hybridized carbons (Fsp3) is 0.250. The zero-order valence-electron chi connectivity index (χ0n) is 54.3. The van der Waals surface area contributed by atoms with Gasteiger partial charge in [0, 0.05) is 73.4 Å². The molecule has 0 aliphatic heterocycles. The van der Waals surface area contributed by atoms with Crippen LogP contribution in [0.1, 0.15) is 142 Å². The lowest BCUT2D eigenvalue weighted by Gasteiger charge is -2.11. The standard InChI is InChI=1S/C18H18O.C17H16O2.2C17H16O.C15H14OS/c1-11-4-6-14(7-5-11)16-9-12(2)8-15-10-13(3)18(19)17(15)16;1-11-10-14-15(19-2)9-8-13(16(14)17(11)18)12-6-4-3-5-7-12;1-11-8-14-10-12(2)17(18)16(14)15(9-11)13-6-4-3-5-7-13;1-11-8-9-14-10-12(2)17(18)16(14)15(11)13-6-4-3-5-7-13;1-9-6-11-8-10(2)15(16)14(11)12(7-9)13-4-3-5-17-13/h4-9,13H,10H2,1-3H3;3-9,11H,10H2,1-2H3;2*3-9,12H,10H2,1-2H3;3-7,10H,8H2,1-2H3. The Bertz CT molecular complexity index is 4400. The molecule has 0 radical (unpaired) electrons. The Labute approximate surface area is 541 Å². The minimum atomic E-state index is 0.0498. The van der Waals surface area contributed by atoms with Crippen LogP contribution in [-0.4, -0.2) is 36.0 Å². The van der Waals surface area contributed by atoms with Gasteiger partial charge in [0.1, 0.15) is 5.75 Å². The highest BCUT2D eigenvalue weighted by Gasteiger charge is 2.35. The lowest BCUT2D eigenvalue weighted by molar-refractivity contribution is 0.0939. The minimum Gasteiger partial charge on any atom is -0.496 e. The van der Waals surface area contributed by atoms with Crippen molar-refractivity contribution in [2.24, 2.45) is 29.6 Å². The summed E-state index contributed by atoms with van der Waals surface area (Å²) in [4.78, 5) is 62.8. The fourth-order valence-electron chi connectivity index (χ4n) is 14.0. The van der Waals surface area contributed by atoms with E-state index in [-0.39, 0.29) is 35.4 Å². The molecule has 0 N–H and O–H groups in total. The van der Waals surface area contributed by atoms with Gasteiger partial charge in [0.15, 0.2) is 28.9 Å². The van der Waals surface area contributed by atoms with E-state index in [1.54, 1.807) is 18.4 Å². The third-order valence-electron chi connectivity index (χ3n) is 18.5. The summed E-state index contributed by atoms with van der Waals surface area (Å²) >= 11 is 1.70. The second-order valence-corrected chi connectivity index (χ2v) is 26.7. The number of fused-ring (bicyclic) bond motifs is 5. The van der Waals surface area contributed by atoms with Gasteiger partial charge in [-0.05, 0) is 169 Å². The van der Waals surface area contributed by atoms with Crippen LogP contribution in [0.15, 0.2) is 193 Å². The van der Waals surface area contributed by atoms with E-state index in [0.717, 1.165) is 121 Å². The number of benzene rings is 9. The molecular formula is C84H80O6S. The van der Waals surface area contributed by atoms with Gasteiger partial charge in [-0.3, -0.25) is 24.0 Å². The molecule has 15 rings (SSSR count). The highest BCUT2D eigenvalue weighted by atomic mass is 32.1. The number of aryl methyl sites for hydroxylation is 5. The summed E-state index contributed by atoms with van der Waals surface area (Å²) in [6, 6.07) is 64.1. The maximum absolute atomic E-state index is 12.4. The van der Waals surface area contributed by atoms with Crippen molar-refractivity contribution in [3.8, 4) is 60.7 Å². The molecule has 0 amide bonds. The number of rotatable bonds is 6. The largest absolute Gasteiger partial charge is 0.496 e. The zero-order valence-corrected chi connectivity index (χ0v) is 55.1. The van der Waals surface area contributed by atoms with Crippen LogP contribution in [0.5, 0.6) is 5.75 Å². The number of thiophene rings is 1. The fourth-order valence-corrected chi connectivity index (χ4v) is 14.8. The predicted molar refractivity (Wildman–Crippen MR) is 373 cm³/mol. The molecule has 5 aliphatic carbocycles. The maximum Gasteiger partial charge on any atom is 0.167 e. The van der Waals surface area contributed by atoms with Gasteiger partial charge in [0.25, 0.3) is 0 Å². The van der Waals surface area contributed by atoms with E-state index < -0.39 is 0 Å². The number of carbonyl (C=O) groups excluding carboxylic acids is 5. The monoisotopic (exact) mass is 1220 g/mol. The molecule has 1 heterocycles. The first-order valence-electron chi connectivity index (χ1n) is 32.0. The van der Waals surface area contributed by atoms with Gasteiger partial charge in [-0.15, -0.1) is 11.3 Å². The lowest BCUT2D eigenvalue weighted by atomic mass is 9.92. The molecule has 5 atom stereocenters. The molecular weight excluding hydrogens is 1140 g/mol. The Balaban J connectivity index is 0.000000117. The summed E-state index contributed by atoms with van der Waals surface area (Å²) in [5.74, 6) is 2.83. The van der Waals surface area contributed by atoms with Crippen molar-refractivity contribution in [2.45, 2.75) is 101 Å². The van der Waals surface area contributed by atoms with Crippen molar-refractivity contribution in [3.63, 3.8) is 0 Å². The smallest absolute Gasteiger partial charge is 0.167 e. The number of hydrogen-bond donors (Lipinski definition) is 0. The molecule has 1 aromatic heterocycles. The Kier molecular flexibility index (Phi) is 18.9. The quantitative estimate of drug-likeness (QED) is 0.165. The average Bonchev–Trinajstić information content (AvgIpc) is 1.82. The Hall–Kier alpha value is -9.17. The molecule has 0 fully saturated rings. The van der Waals surface area contributed by atoms with Crippen LogP contribution in [-0.2, 0) is 32.1 Å². The number of carbonyl (C=O) groups is 5. The third-order valence-corrected chi connectivity index (χ3v) is 19.5. The van der Waals surface area contributed by atoms with E-state index in [9.17, 15) is 24.0 Å². The van der Waals surface area contributed by atoms with Gasteiger partial charge in [-0.2, -0.15) is 0 Å². The summed E-state index contributed by atoms with van der Waals surface area (Å²) in [6.45, 7) is 20.5. The van der Waals surface area contributed by atoms with E-state index in [1.807, 2.05) is 120 Å². The van der Waals surface area contributed by atoms with E-state index >= 15 is 0 Å². The molecule has 6 nitrogen and oxygen atoms in total. The topological polar surface area (TPSA) is 94.6 Å². The zero-order chi connectivity index (χ0) is 64.4. The number of Topliss-reactive ketones (excluding diaryl/α,β-unsaturated/α-hetero) is 5. The molecule has 91 heavy (non-hydrogen) atoms. The highest BCUT2D eigenvalue weighted by Crippen LogP contribution is 2.43. The summed E-state index contributed by atoms with van der Waals surface area (Å²) in [5, 5.41) is 2.06. The van der Waals surface area contributed by atoms with Gasteiger partial charge >= 0.3 is 0 Å². The first-order chi connectivity index (χ1) is 43.8. The molecule has 10 aromatic rings. The van der Waals surface area contributed by atoms with Crippen LogP contribution in [0, 0.1) is 64.2 Å². The van der Waals surface area contributed by atoms with Crippen LogP contribution in [0.25, 0.3) is 54.9 Å².